The fourth-order valence-corrected chi connectivity index (χ4v) is 3.83. The molecule has 0 atom stereocenters. The minimum atomic E-state index is 0.935. The Morgan fingerprint density at radius 3 is 2.24 bits per heavy atom. The van der Waals surface area contributed by atoms with E-state index >= 15 is 0 Å². The molecular formula is C27H22N2. The molecule has 0 unspecified atom stereocenters. The molecule has 0 spiro atoms. The summed E-state index contributed by atoms with van der Waals surface area (Å²) in [6, 6.07) is 32.2. The predicted molar refractivity (Wildman–Crippen MR) is 120 cm³/mol. The first kappa shape index (κ1) is 17.4. The Bertz CT molecular complexity index is 1270. The lowest BCUT2D eigenvalue weighted by molar-refractivity contribution is 1.16. The molecule has 0 bridgehead atoms. The summed E-state index contributed by atoms with van der Waals surface area (Å²) < 4.78 is 2.09. The molecular weight excluding hydrogens is 352 g/mol. The van der Waals surface area contributed by atoms with Gasteiger partial charge in [0, 0.05) is 18.0 Å². The molecule has 29 heavy (non-hydrogen) atoms. The van der Waals surface area contributed by atoms with Crippen LogP contribution in [0.15, 0.2) is 103 Å². The number of pyridine rings is 1. The van der Waals surface area contributed by atoms with Crippen molar-refractivity contribution in [2.24, 2.45) is 0 Å². The van der Waals surface area contributed by atoms with Gasteiger partial charge in [0.25, 0.3) is 0 Å². The summed E-state index contributed by atoms with van der Waals surface area (Å²) in [6.07, 6.45) is 5.14. The minimum Gasteiger partial charge on any atom is -0.306 e. The number of rotatable bonds is 4. The molecule has 5 aromatic rings. The van der Waals surface area contributed by atoms with Crippen LogP contribution in [0.3, 0.4) is 0 Å². The summed E-state index contributed by atoms with van der Waals surface area (Å²) >= 11 is 0. The van der Waals surface area contributed by atoms with E-state index in [0.717, 1.165) is 23.3 Å². The summed E-state index contributed by atoms with van der Waals surface area (Å²) in [5.74, 6) is 0. The second-order valence-electron chi connectivity index (χ2n) is 7.49. The van der Waals surface area contributed by atoms with E-state index < -0.39 is 0 Å². The van der Waals surface area contributed by atoms with Crippen LogP contribution in [0.2, 0.25) is 0 Å². The highest BCUT2D eigenvalue weighted by Crippen LogP contribution is 2.28. The first-order chi connectivity index (χ1) is 14.3. The normalized spacial score (nSPS) is 11.1. The van der Waals surface area contributed by atoms with Gasteiger partial charge in [0.15, 0.2) is 0 Å². The van der Waals surface area contributed by atoms with E-state index in [1.807, 2.05) is 0 Å². The highest BCUT2D eigenvalue weighted by molar-refractivity contribution is 5.72. The molecule has 0 saturated carbocycles. The smallest absolute Gasteiger partial charge is 0.137 e. The molecule has 2 aromatic heterocycles. The second kappa shape index (κ2) is 7.40. The largest absolute Gasteiger partial charge is 0.306 e. The van der Waals surface area contributed by atoms with Gasteiger partial charge in [0.05, 0.1) is 5.69 Å². The lowest BCUT2D eigenvalue weighted by Gasteiger charge is -2.10. The quantitative estimate of drug-likeness (QED) is 0.348. The van der Waals surface area contributed by atoms with Crippen LogP contribution in [0.25, 0.3) is 28.0 Å². The van der Waals surface area contributed by atoms with Crippen molar-refractivity contribution in [2.45, 2.75) is 13.3 Å². The van der Waals surface area contributed by atoms with Gasteiger partial charge >= 0.3 is 0 Å². The first-order valence-electron chi connectivity index (χ1n) is 9.94. The van der Waals surface area contributed by atoms with Gasteiger partial charge in [-0.2, -0.15) is 0 Å². The number of aromatic nitrogens is 2. The van der Waals surface area contributed by atoms with Crippen molar-refractivity contribution < 1.29 is 0 Å². The van der Waals surface area contributed by atoms with E-state index in [9.17, 15) is 0 Å². The zero-order chi connectivity index (χ0) is 19.6. The maximum Gasteiger partial charge on any atom is 0.137 e. The van der Waals surface area contributed by atoms with Crippen molar-refractivity contribution in [3.05, 3.63) is 120 Å². The Hall–Kier alpha value is -3.65. The van der Waals surface area contributed by atoms with Crippen molar-refractivity contribution in [3.8, 4) is 22.4 Å². The van der Waals surface area contributed by atoms with Crippen LogP contribution in [0.1, 0.15) is 16.7 Å². The molecule has 0 fully saturated rings. The fourth-order valence-electron chi connectivity index (χ4n) is 3.83. The number of hydrogen-bond acceptors (Lipinski definition) is 1. The minimum absolute atomic E-state index is 0.935. The fraction of sp³-hybridized carbons (Fsp3) is 0.0741. The molecule has 2 heterocycles. The van der Waals surface area contributed by atoms with Crippen LogP contribution in [0.5, 0.6) is 0 Å². The third kappa shape index (κ3) is 3.57. The maximum absolute atomic E-state index is 4.76. The molecule has 2 heteroatoms. The monoisotopic (exact) mass is 374 g/mol. The summed E-state index contributed by atoms with van der Waals surface area (Å²) in [5.41, 5.74) is 9.53. The third-order valence-electron chi connectivity index (χ3n) is 5.35. The molecule has 0 N–H and O–H groups in total. The van der Waals surface area contributed by atoms with Crippen LogP contribution in [-0.4, -0.2) is 9.38 Å². The number of aryl methyl sites for hydroxylation is 1. The molecule has 0 aliphatic carbocycles. The molecule has 0 saturated heterocycles. The third-order valence-corrected chi connectivity index (χ3v) is 5.35. The summed E-state index contributed by atoms with van der Waals surface area (Å²) in [5, 5.41) is 0. The Morgan fingerprint density at radius 1 is 0.690 bits per heavy atom. The van der Waals surface area contributed by atoms with E-state index in [-0.39, 0.29) is 0 Å². The van der Waals surface area contributed by atoms with Gasteiger partial charge in [0.1, 0.15) is 5.65 Å². The number of nitrogens with zero attached hydrogens (tertiary/aromatic N) is 2. The van der Waals surface area contributed by atoms with E-state index in [1.54, 1.807) is 0 Å². The van der Waals surface area contributed by atoms with Crippen LogP contribution >= 0.6 is 0 Å². The zero-order valence-corrected chi connectivity index (χ0v) is 16.4. The Balaban J connectivity index is 1.47. The molecule has 0 radical (unpaired) electrons. The van der Waals surface area contributed by atoms with E-state index in [1.165, 1.54) is 27.8 Å². The number of hydrogen-bond donors (Lipinski definition) is 0. The van der Waals surface area contributed by atoms with Crippen molar-refractivity contribution in [1.29, 1.82) is 0 Å². The van der Waals surface area contributed by atoms with Gasteiger partial charge in [-0.1, -0.05) is 84.9 Å². The summed E-state index contributed by atoms with van der Waals surface area (Å²) in [4.78, 5) is 4.76. The van der Waals surface area contributed by atoms with Crippen LogP contribution in [0, 0.1) is 6.92 Å². The van der Waals surface area contributed by atoms with E-state index in [2.05, 4.69) is 115 Å². The van der Waals surface area contributed by atoms with Crippen LogP contribution < -0.4 is 0 Å². The molecule has 5 rings (SSSR count). The van der Waals surface area contributed by atoms with Gasteiger partial charge in [0.2, 0.25) is 0 Å². The maximum atomic E-state index is 4.76. The van der Waals surface area contributed by atoms with Gasteiger partial charge < -0.3 is 4.40 Å². The number of fused-ring (bicyclic) bond motifs is 1. The molecule has 0 aliphatic heterocycles. The highest BCUT2D eigenvalue weighted by Gasteiger charge is 2.08. The van der Waals surface area contributed by atoms with Crippen LogP contribution in [-0.2, 0) is 6.42 Å². The van der Waals surface area contributed by atoms with E-state index in [0.29, 0.717) is 0 Å². The summed E-state index contributed by atoms with van der Waals surface area (Å²) in [6.45, 7) is 2.10. The average Bonchev–Trinajstić information content (AvgIpc) is 3.18. The van der Waals surface area contributed by atoms with Crippen molar-refractivity contribution >= 4 is 5.65 Å². The number of imidazole rings is 1. The molecule has 0 aliphatic rings. The van der Waals surface area contributed by atoms with Gasteiger partial charge in [-0.05, 0) is 47.2 Å². The first-order valence-corrected chi connectivity index (χ1v) is 9.94. The molecule has 0 amide bonds. The zero-order valence-electron chi connectivity index (χ0n) is 16.4. The van der Waals surface area contributed by atoms with Crippen molar-refractivity contribution in [3.63, 3.8) is 0 Å². The lowest BCUT2D eigenvalue weighted by atomic mass is 9.94. The average molecular weight is 374 g/mol. The van der Waals surface area contributed by atoms with Crippen LogP contribution in [0.4, 0.5) is 0 Å². The van der Waals surface area contributed by atoms with Gasteiger partial charge in [-0.3, -0.25) is 0 Å². The van der Waals surface area contributed by atoms with Crippen molar-refractivity contribution in [1.82, 2.24) is 9.38 Å². The summed E-state index contributed by atoms with van der Waals surface area (Å²) in [7, 11) is 0. The second-order valence-corrected chi connectivity index (χ2v) is 7.49. The topological polar surface area (TPSA) is 17.3 Å². The highest BCUT2D eigenvalue weighted by atomic mass is 15.0. The van der Waals surface area contributed by atoms with Gasteiger partial charge in [-0.25, -0.2) is 4.98 Å². The Labute approximate surface area is 171 Å². The Kier molecular flexibility index (Phi) is 4.45. The molecule has 2 nitrogen and oxygen atoms in total. The number of benzene rings is 3. The lowest BCUT2D eigenvalue weighted by Crippen LogP contribution is -1.92. The molecule has 140 valence electrons. The van der Waals surface area contributed by atoms with E-state index in [4.69, 9.17) is 4.98 Å². The Morgan fingerprint density at radius 2 is 1.41 bits per heavy atom. The standard InChI is InChI=1S/C27H22N2/c1-20-11-16-27-28-26(19-29(27)18-20)23-14-12-22(13-15-23)25-10-6-5-9-24(25)17-21-7-3-2-4-8-21/h2-16,18-19H,17H2,1H3. The van der Waals surface area contributed by atoms with Crippen molar-refractivity contribution in [2.75, 3.05) is 0 Å². The molecule has 3 aromatic carbocycles. The SMILES string of the molecule is Cc1ccc2nc(-c3ccc(-c4ccccc4Cc4ccccc4)cc3)cn2c1. The van der Waals surface area contributed by atoms with Gasteiger partial charge in [-0.15, -0.1) is 0 Å². The predicted octanol–water partition coefficient (Wildman–Crippen LogP) is 6.57.